The molecular formula is C13H18N4O2. The zero-order valence-electron chi connectivity index (χ0n) is 11.1. The predicted octanol–water partition coefficient (Wildman–Crippen LogP) is 0.679. The number of rotatable bonds is 2. The van der Waals surface area contributed by atoms with Crippen molar-refractivity contribution < 1.29 is 9.59 Å². The van der Waals surface area contributed by atoms with Crippen LogP contribution in [0.15, 0.2) is 12.4 Å². The van der Waals surface area contributed by atoms with Crippen LogP contribution >= 0.6 is 0 Å². The van der Waals surface area contributed by atoms with E-state index in [1.54, 1.807) is 15.8 Å². The molecule has 1 aliphatic carbocycles. The van der Waals surface area contributed by atoms with E-state index < -0.39 is 5.54 Å². The van der Waals surface area contributed by atoms with Gasteiger partial charge in [-0.3, -0.25) is 19.2 Å². The molecule has 0 radical (unpaired) electrons. The molecule has 0 atom stereocenters. The van der Waals surface area contributed by atoms with Crippen LogP contribution in [-0.2, 0) is 16.1 Å². The molecule has 1 spiro atoms. The summed E-state index contributed by atoms with van der Waals surface area (Å²) >= 11 is 0. The first-order chi connectivity index (χ1) is 9.14. The van der Waals surface area contributed by atoms with E-state index in [0.717, 1.165) is 32.2 Å². The van der Waals surface area contributed by atoms with Crippen molar-refractivity contribution in [1.29, 1.82) is 0 Å². The maximum Gasteiger partial charge on any atom is 0.253 e. The molecule has 1 aromatic heterocycles. The highest BCUT2D eigenvalue weighted by Crippen LogP contribution is 2.34. The second-order valence-corrected chi connectivity index (χ2v) is 5.28. The highest BCUT2D eigenvalue weighted by atomic mass is 16.2. The normalized spacial score (nSPS) is 22.1. The summed E-state index contributed by atoms with van der Waals surface area (Å²) in [6.07, 6.45) is 6.95. The molecule has 1 saturated carbocycles. The van der Waals surface area contributed by atoms with Gasteiger partial charge in [-0.2, -0.15) is 5.10 Å². The summed E-state index contributed by atoms with van der Waals surface area (Å²) in [7, 11) is 0. The van der Waals surface area contributed by atoms with Crippen LogP contribution in [0.1, 0.15) is 32.6 Å². The lowest BCUT2D eigenvalue weighted by Gasteiger charge is -2.39. The molecule has 6 heteroatoms. The first-order valence-electron chi connectivity index (χ1n) is 6.80. The topological polar surface area (TPSA) is 67.2 Å². The number of carbonyl (C=O) groups excluding carboxylic acids is 2. The third kappa shape index (κ3) is 1.91. The molecule has 2 fully saturated rings. The number of carbonyl (C=O) groups is 2. The number of anilines is 1. The standard InChI is InChI=1S/C13H18N4O2/c1-2-16-8-10(7-14-16)17-9-11(18)15-13(12(17)19)5-3-4-6-13/h7-8H,2-6,9H2,1H3,(H,15,18). The van der Waals surface area contributed by atoms with E-state index in [2.05, 4.69) is 10.4 Å². The number of aromatic nitrogens is 2. The van der Waals surface area contributed by atoms with Crippen LogP contribution in [0.4, 0.5) is 5.69 Å². The second-order valence-electron chi connectivity index (χ2n) is 5.28. The van der Waals surface area contributed by atoms with Crippen molar-refractivity contribution in [3.05, 3.63) is 12.4 Å². The van der Waals surface area contributed by atoms with Crippen LogP contribution in [0.25, 0.3) is 0 Å². The summed E-state index contributed by atoms with van der Waals surface area (Å²) in [5.74, 6) is -0.0639. The Kier molecular flexibility index (Phi) is 2.80. The number of aryl methyl sites for hydroxylation is 1. The van der Waals surface area contributed by atoms with Crippen molar-refractivity contribution in [2.45, 2.75) is 44.7 Å². The number of nitrogens with one attached hydrogen (secondary N) is 1. The smallest absolute Gasteiger partial charge is 0.253 e. The molecule has 6 nitrogen and oxygen atoms in total. The number of amides is 2. The molecule has 1 N–H and O–H groups in total. The van der Waals surface area contributed by atoms with Crippen molar-refractivity contribution in [3.63, 3.8) is 0 Å². The van der Waals surface area contributed by atoms with Gasteiger partial charge in [-0.25, -0.2) is 0 Å². The summed E-state index contributed by atoms with van der Waals surface area (Å²) in [6, 6.07) is 0. The Hall–Kier alpha value is -1.85. The molecule has 102 valence electrons. The largest absolute Gasteiger partial charge is 0.340 e. The highest BCUT2D eigenvalue weighted by molar-refractivity contribution is 6.09. The lowest BCUT2D eigenvalue weighted by Crippen LogP contribution is -2.65. The molecule has 0 bridgehead atoms. The number of piperazine rings is 1. The first-order valence-corrected chi connectivity index (χ1v) is 6.80. The highest BCUT2D eigenvalue weighted by Gasteiger charge is 2.48. The zero-order chi connectivity index (χ0) is 13.5. The van der Waals surface area contributed by atoms with E-state index in [9.17, 15) is 9.59 Å². The van der Waals surface area contributed by atoms with E-state index >= 15 is 0 Å². The minimum absolute atomic E-state index is 0.0141. The van der Waals surface area contributed by atoms with Crippen LogP contribution in [0.3, 0.4) is 0 Å². The van der Waals surface area contributed by atoms with Crippen molar-refractivity contribution in [2.75, 3.05) is 11.4 Å². The van der Waals surface area contributed by atoms with Gasteiger partial charge in [0, 0.05) is 12.7 Å². The number of nitrogens with zero attached hydrogens (tertiary/aromatic N) is 3. The molecule has 19 heavy (non-hydrogen) atoms. The zero-order valence-corrected chi connectivity index (χ0v) is 11.1. The summed E-state index contributed by atoms with van der Waals surface area (Å²) < 4.78 is 1.76. The Morgan fingerprint density at radius 2 is 2.11 bits per heavy atom. The molecular weight excluding hydrogens is 244 g/mol. The summed E-state index contributed by atoms with van der Waals surface area (Å²) in [5.41, 5.74) is 0.0527. The summed E-state index contributed by atoms with van der Waals surface area (Å²) in [5, 5.41) is 7.08. The maximum atomic E-state index is 12.7. The second kappa shape index (κ2) is 4.36. The fraction of sp³-hybridized carbons (Fsp3) is 0.615. The van der Waals surface area contributed by atoms with Gasteiger partial charge in [-0.1, -0.05) is 12.8 Å². The average molecular weight is 262 g/mol. The molecule has 2 amide bonds. The van der Waals surface area contributed by atoms with E-state index in [1.807, 2.05) is 13.1 Å². The molecule has 2 heterocycles. The van der Waals surface area contributed by atoms with Gasteiger partial charge < -0.3 is 5.32 Å². The molecule has 0 unspecified atom stereocenters. The van der Waals surface area contributed by atoms with Gasteiger partial charge >= 0.3 is 0 Å². The van der Waals surface area contributed by atoms with Gasteiger partial charge in [0.2, 0.25) is 5.91 Å². The predicted molar refractivity (Wildman–Crippen MR) is 69.6 cm³/mol. The Morgan fingerprint density at radius 1 is 1.37 bits per heavy atom. The van der Waals surface area contributed by atoms with Gasteiger partial charge in [0.25, 0.3) is 5.91 Å². The van der Waals surface area contributed by atoms with Crippen LogP contribution < -0.4 is 10.2 Å². The summed E-state index contributed by atoms with van der Waals surface area (Å²) in [6.45, 7) is 2.83. The molecule has 3 rings (SSSR count). The fourth-order valence-electron chi connectivity index (χ4n) is 3.02. The van der Waals surface area contributed by atoms with E-state index in [-0.39, 0.29) is 18.4 Å². The van der Waals surface area contributed by atoms with Gasteiger partial charge in [0.05, 0.1) is 11.9 Å². The Morgan fingerprint density at radius 3 is 2.74 bits per heavy atom. The van der Waals surface area contributed by atoms with Crippen LogP contribution in [0.2, 0.25) is 0 Å². The molecule has 1 saturated heterocycles. The molecule has 1 aliphatic heterocycles. The minimum Gasteiger partial charge on any atom is -0.340 e. The van der Waals surface area contributed by atoms with Crippen LogP contribution in [-0.4, -0.2) is 33.7 Å². The summed E-state index contributed by atoms with van der Waals surface area (Å²) in [4.78, 5) is 26.1. The third-order valence-corrected chi connectivity index (χ3v) is 4.05. The lowest BCUT2D eigenvalue weighted by atomic mass is 9.93. The van der Waals surface area contributed by atoms with Crippen molar-refractivity contribution in [2.24, 2.45) is 0 Å². The average Bonchev–Trinajstić information content (AvgIpc) is 3.03. The number of hydrogen-bond donors (Lipinski definition) is 1. The van der Waals surface area contributed by atoms with Gasteiger partial charge in [-0.15, -0.1) is 0 Å². The molecule has 1 aromatic rings. The Bertz CT molecular complexity index is 516. The van der Waals surface area contributed by atoms with Crippen LogP contribution in [0, 0.1) is 0 Å². The first kappa shape index (κ1) is 12.2. The van der Waals surface area contributed by atoms with Crippen molar-refractivity contribution >= 4 is 17.5 Å². The quantitative estimate of drug-likeness (QED) is 0.852. The van der Waals surface area contributed by atoms with E-state index in [4.69, 9.17) is 0 Å². The van der Waals surface area contributed by atoms with Gasteiger partial charge in [0.15, 0.2) is 0 Å². The Balaban J connectivity index is 1.92. The fourth-order valence-corrected chi connectivity index (χ4v) is 3.02. The SMILES string of the molecule is CCn1cc(N2CC(=O)NC3(CCCC3)C2=O)cn1. The van der Waals surface area contributed by atoms with Crippen LogP contribution in [0.5, 0.6) is 0 Å². The van der Waals surface area contributed by atoms with E-state index in [1.165, 1.54) is 0 Å². The minimum atomic E-state index is -0.663. The van der Waals surface area contributed by atoms with Gasteiger partial charge in [-0.05, 0) is 19.8 Å². The molecule has 2 aliphatic rings. The number of hydrogen-bond acceptors (Lipinski definition) is 3. The lowest BCUT2D eigenvalue weighted by molar-refractivity contribution is -0.135. The third-order valence-electron chi connectivity index (χ3n) is 4.05. The monoisotopic (exact) mass is 262 g/mol. The van der Waals surface area contributed by atoms with E-state index in [0.29, 0.717) is 5.69 Å². The van der Waals surface area contributed by atoms with Crippen molar-refractivity contribution in [1.82, 2.24) is 15.1 Å². The molecule has 0 aromatic carbocycles. The maximum absolute atomic E-state index is 12.7. The Labute approximate surface area is 111 Å². The van der Waals surface area contributed by atoms with Crippen molar-refractivity contribution in [3.8, 4) is 0 Å². The van der Waals surface area contributed by atoms with Gasteiger partial charge in [0.1, 0.15) is 12.1 Å².